The van der Waals surface area contributed by atoms with Crippen molar-refractivity contribution in [1.29, 1.82) is 5.26 Å². The maximum atomic E-state index is 12.0. The van der Waals surface area contributed by atoms with Gasteiger partial charge in [0, 0.05) is 12.2 Å². The standard InChI is InChI=1S/C24H34N2O2S2/c1-2-3-4-5-6-7-8-9-10-11-23(27)28-18-22-17-26-24(30-22)29-19-21-14-12-20(16-25)13-15-21/h12-15,22H,2-11,17-19H2,1H3. The second-order valence-corrected chi connectivity index (χ2v) is 10.2. The number of thioether (sulfide) groups is 2. The lowest BCUT2D eigenvalue weighted by atomic mass is 10.1. The monoisotopic (exact) mass is 446 g/mol. The first-order valence-electron chi connectivity index (χ1n) is 11.2. The molecule has 0 radical (unpaired) electrons. The first-order chi connectivity index (χ1) is 14.7. The zero-order chi connectivity index (χ0) is 21.4. The predicted molar refractivity (Wildman–Crippen MR) is 129 cm³/mol. The van der Waals surface area contributed by atoms with Crippen LogP contribution in [-0.2, 0) is 15.3 Å². The number of rotatable bonds is 14. The van der Waals surface area contributed by atoms with Crippen LogP contribution in [0.25, 0.3) is 0 Å². The molecule has 0 aromatic heterocycles. The highest BCUT2D eigenvalue weighted by Crippen LogP contribution is 2.30. The Morgan fingerprint density at radius 2 is 1.80 bits per heavy atom. The van der Waals surface area contributed by atoms with E-state index in [1.165, 1.54) is 50.5 Å². The number of carbonyl (C=O) groups is 1. The van der Waals surface area contributed by atoms with Crippen molar-refractivity contribution >= 4 is 33.9 Å². The molecule has 1 unspecified atom stereocenters. The van der Waals surface area contributed by atoms with Crippen molar-refractivity contribution in [2.24, 2.45) is 4.99 Å². The SMILES string of the molecule is CCCCCCCCCCCC(=O)OCC1CN=C(SCc2ccc(C#N)cc2)S1. The number of carbonyl (C=O) groups excluding carboxylic acids is 1. The molecular weight excluding hydrogens is 412 g/mol. The molecule has 0 saturated carbocycles. The maximum Gasteiger partial charge on any atom is 0.305 e. The Bertz CT molecular complexity index is 698. The number of aliphatic imine (C=N–C) groups is 1. The Morgan fingerprint density at radius 3 is 2.47 bits per heavy atom. The van der Waals surface area contributed by atoms with Gasteiger partial charge in [-0.25, -0.2) is 0 Å². The molecule has 1 aliphatic heterocycles. The van der Waals surface area contributed by atoms with Gasteiger partial charge >= 0.3 is 5.97 Å². The van der Waals surface area contributed by atoms with Gasteiger partial charge in [-0.3, -0.25) is 9.79 Å². The number of esters is 1. The molecule has 1 heterocycles. The molecular formula is C24H34N2O2S2. The Labute approximate surface area is 190 Å². The minimum Gasteiger partial charge on any atom is -0.464 e. The van der Waals surface area contributed by atoms with E-state index in [0.29, 0.717) is 25.1 Å². The molecule has 0 aliphatic carbocycles. The molecule has 1 aromatic carbocycles. The fraction of sp³-hybridized carbons (Fsp3) is 0.625. The molecule has 0 fully saturated rings. The van der Waals surface area contributed by atoms with Crippen LogP contribution in [0.2, 0.25) is 0 Å². The quantitative estimate of drug-likeness (QED) is 0.234. The van der Waals surface area contributed by atoms with Gasteiger partial charge in [-0.05, 0) is 24.1 Å². The molecule has 0 spiro atoms. The lowest BCUT2D eigenvalue weighted by Gasteiger charge is -2.09. The number of nitrogens with zero attached hydrogens (tertiary/aromatic N) is 2. The number of nitriles is 1. The van der Waals surface area contributed by atoms with Crippen molar-refractivity contribution in [2.45, 2.75) is 82.1 Å². The summed E-state index contributed by atoms with van der Waals surface area (Å²) < 4.78 is 6.52. The van der Waals surface area contributed by atoms with Gasteiger partial charge in [0.2, 0.25) is 0 Å². The van der Waals surface area contributed by atoms with E-state index in [9.17, 15) is 4.79 Å². The van der Waals surface area contributed by atoms with Gasteiger partial charge in [-0.1, -0.05) is 93.9 Å². The van der Waals surface area contributed by atoms with Crippen molar-refractivity contribution in [2.75, 3.05) is 13.2 Å². The summed E-state index contributed by atoms with van der Waals surface area (Å²) in [5, 5.41) is 9.09. The maximum absolute atomic E-state index is 12.0. The molecule has 0 N–H and O–H groups in total. The second kappa shape index (κ2) is 15.4. The molecule has 0 amide bonds. The molecule has 1 aliphatic rings. The summed E-state index contributed by atoms with van der Waals surface area (Å²) in [7, 11) is 0. The van der Waals surface area contributed by atoms with Crippen LogP contribution in [0, 0.1) is 11.3 Å². The van der Waals surface area contributed by atoms with Crippen LogP contribution in [-0.4, -0.2) is 28.7 Å². The zero-order valence-corrected chi connectivity index (χ0v) is 19.7. The Morgan fingerprint density at radius 1 is 1.13 bits per heavy atom. The molecule has 2 rings (SSSR count). The zero-order valence-electron chi connectivity index (χ0n) is 18.1. The van der Waals surface area contributed by atoms with E-state index in [0.717, 1.165) is 23.0 Å². The lowest BCUT2D eigenvalue weighted by Crippen LogP contribution is -2.16. The third-order valence-electron chi connectivity index (χ3n) is 5.05. The minimum atomic E-state index is -0.0720. The van der Waals surface area contributed by atoms with Crippen molar-refractivity contribution in [3.8, 4) is 6.07 Å². The third-order valence-corrected chi connectivity index (χ3v) is 7.50. The summed E-state index contributed by atoms with van der Waals surface area (Å²) >= 11 is 3.41. The molecule has 1 aromatic rings. The smallest absolute Gasteiger partial charge is 0.305 e. The van der Waals surface area contributed by atoms with Crippen LogP contribution in [0.5, 0.6) is 0 Å². The van der Waals surface area contributed by atoms with Crippen LogP contribution in [0.4, 0.5) is 0 Å². The average molecular weight is 447 g/mol. The van der Waals surface area contributed by atoms with Gasteiger partial charge in [0.25, 0.3) is 0 Å². The summed E-state index contributed by atoms with van der Waals surface area (Å²) in [6.45, 7) is 3.41. The highest BCUT2D eigenvalue weighted by atomic mass is 32.2. The minimum absolute atomic E-state index is 0.0720. The van der Waals surface area contributed by atoms with Crippen molar-refractivity contribution in [3.63, 3.8) is 0 Å². The van der Waals surface area contributed by atoms with E-state index in [-0.39, 0.29) is 11.2 Å². The fourth-order valence-corrected chi connectivity index (χ4v) is 5.44. The highest BCUT2D eigenvalue weighted by molar-refractivity contribution is 8.39. The van der Waals surface area contributed by atoms with Crippen molar-refractivity contribution < 1.29 is 9.53 Å². The van der Waals surface area contributed by atoms with Crippen LogP contribution in [0.15, 0.2) is 29.3 Å². The van der Waals surface area contributed by atoms with Gasteiger partial charge in [0.05, 0.1) is 23.4 Å². The predicted octanol–water partition coefficient (Wildman–Crippen LogP) is 6.73. The van der Waals surface area contributed by atoms with Gasteiger partial charge in [0.15, 0.2) is 0 Å². The highest BCUT2D eigenvalue weighted by Gasteiger charge is 2.21. The topological polar surface area (TPSA) is 62.4 Å². The fourth-order valence-electron chi connectivity index (χ4n) is 3.22. The molecule has 4 nitrogen and oxygen atoms in total. The van der Waals surface area contributed by atoms with E-state index in [2.05, 4.69) is 18.0 Å². The first-order valence-corrected chi connectivity index (χ1v) is 13.1. The van der Waals surface area contributed by atoms with Crippen LogP contribution < -0.4 is 0 Å². The number of hydrogen-bond donors (Lipinski definition) is 0. The second-order valence-electron chi connectivity index (χ2n) is 7.71. The summed E-state index contributed by atoms with van der Waals surface area (Å²) in [6, 6.07) is 9.79. The molecule has 30 heavy (non-hydrogen) atoms. The number of unbranched alkanes of at least 4 members (excludes halogenated alkanes) is 8. The first kappa shape index (κ1) is 24.8. The lowest BCUT2D eigenvalue weighted by molar-refractivity contribution is -0.143. The Hall–Kier alpha value is -1.45. The van der Waals surface area contributed by atoms with Crippen LogP contribution in [0.3, 0.4) is 0 Å². The normalized spacial score (nSPS) is 15.6. The molecule has 164 valence electrons. The Balaban J connectivity index is 1.47. The van der Waals surface area contributed by atoms with Gasteiger partial charge in [-0.2, -0.15) is 5.26 Å². The number of benzene rings is 1. The van der Waals surface area contributed by atoms with E-state index in [1.807, 2.05) is 24.3 Å². The van der Waals surface area contributed by atoms with Crippen LogP contribution >= 0.6 is 23.5 Å². The van der Waals surface area contributed by atoms with E-state index in [4.69, 9.17) is 10.00 Å². The van der Waals surface area contributed by atoms with Gasteiger partial charge in [-0.15, -0.1) is 0 Å². The summed E-state index contributed by atoms with van der Waals surface area (Å²) in [5.41, 5.74) is 1.86. The molecule has 0 bridgehead atoms. The Kier molecular flexibility index (Phi) is 12.7. The van der Waals surface area contributed by atoms with Crippen molar-refractivity contribution in [1.82, 2.24) is 0 Å². The number of ether oxygens (including phenoxy) is 1. The summed E-state index contributed by atoms with van der Waals surface area (Å²) in [4.78, 5) is 16.5. The summed E-state index contributed by atoms with van der Waals surface area (Å²) in [5.74, 6) is 0.764. The van der Waals surface area contributed by atoms with E-state index < -0.39 is 0 Å². The van der Waals surface area contributed by atoms with Crippen LogP contribution in [0.1, 0.15) is 82.3 Å². The molecule has 6 heteroatoms. The summed E-state index contributed by atoms with van der Waals surface area (Å²) in [6.07, 6.45) is 11.8. The van der Waals surface area contributed by atoms with Gasteiger partial charge < -0.3 is 4.74 Å². The molecule has 0 saturated heterocycles. The van der Waals surface area contributed by atoms with Gasteiger partial charge in [0.1, 0.15) is 11.0 Å². The average Bonchev–Trinajstić information content (AvgIpc) is 3.23. The van der Waals surface area contributed by atoms with E-state index in [1.54, 1.807) is 23.5 Å². The number of hydrogen-bond acceptors (Lipinski definition) is 6. The largest absolute Gasteiger partial charge is 0.464 e. The van der Waals surface area contributed by atoms with E-state index >= 15 is 0 Å². The third kappa shape index (κ3) is 10.5. The van der Waals surface area contributed by atoms with Crippen molar-refractivity contribution in [3.05, 3.63) is 35.4 Å². The molecule has 1 atom stereocenters.